The van der Waals surface area contributed by atoms with Gasteiger partial charge >= 0.3 is 21.3 Å². The molecule has 37 heavy (non-hydrogen) atoms. The van der Waals surface area contributed by atoms with E-state index in [1.54, 1.807) is 7.11 Å². The van der Waals surface area contributed by atoms with Gasteiger partial charge in [0.25, 0.3) is 0 Å². The Balaban J connectivity index is 0.000000298. The Morgan fingerprint density at radius 2 is 1.70 bits per heavy atom. The number of carbonyl (C=O) groups excluding carboxylic acids is 1. The second-order valence-electron chi connectivity index (χ2n) is 7.72. The summed E-state index contributed by atoms with van der Waals surface area (Å²) in [4.78, 5) is 14.0. The molecule has 0 radical (unpaired) electrons. The van der Waals surface area contributed by atoms with E-state index in [1.807, 2.05) is 24.3 Å². The minimum absolute atomic E-state index is 0.156. The maximum absolute atomic E-state index is 12.4. The lowest BCUT2D eigenvalue weighted by Crippen LogP contribution is -2.34. The number of hydrogen-bond donors (Lipinski definition) is 2. The van der Waals surface area contributed by atoms with Crippen LogP contribution in [0.15, 0.2) is 66.7 Å². The van der Waals surface area contributed by atoms with Crippen LogP contribution in [0.4, 0.5) is 8.78 Å². The normalized spacial score (nSPS) is 11.5. The van der Waals surface area contributed by atoms with Crippen LogP contribution in [0, 0.1) is 0 Å². The van der Waals surface area contributed by atoms with Gasteiger partial charge in [-0.1, -0.05) is 24.8 Å². The van der Waals surface area contributed by atoms with E-state index in [0.717, 1.165) is 22.5 Å². The van der Waals surface area contributed by atoms with E-state index in [9.17, 15) is 22.0 Å². The lowest BCUT2D eigenvalue weighted by molar-refractivity contribution is -0.144. The number of nitrogens with one attached hydrogen (secondary N) is 1. The topological polar surface area (TPSA) is 124 Å². The van der Waals surface area contributed by atoms with Crippen molar-refractivity contribution in [3.8, 4) is 17.0 Å². The molecule has 0 unspecified atom stereocenters. The van der Waals surface area contributed by atoms with Gasteiger partial charge in [-0.05, 0) is 48.9 Å². The van der Waals surface area contributed by atoms with Crippen molar-refractivity contribution in [3.63, 3.8) is 0 Å². The molecule has 2 N–H and O–H groups in total. The summed E-state index contributed by atoms with van der Waals surface area (Å²) in [6, 6.07) is 18.5. The Kier molecular flexibility index (Phi) is 11.2. The highest BCUT2D eigenvalue weighted by Crippen LogP contribution is 2.25. The zero-order chi connectivity index (χ0) is 27.5. The van der Waals surface area contributed by atoms with E-state index in [-0.39, 0.29) is 5.57 Å². The molecule has 0 aliphatic carbocycles. The molecule has 3 aromatic rings. The van der Waals surface area contributed by atoms with Gasteiger partial charge in [0.1, 0.15) is 12.4 Å². The molecule has 0 saturated carbocycles. The number of aromatic amines is 1. The molecular formula is C25H29F2NO8S. The number of ether oxygens (including phenoxy) is 4. The predicted molar refractivity (Wildman–Crippen MR) is 134 cm³/mol. The molecule has 12 heteroatoms. The van der Waals surface area contributed by atoms with Gasteiger partial charge in [-0.3, -0.25) is 4.55 Å². The molecule has 3 rings (SSSR count). The predicted octanol–water partition coefficient (Wildman–Crippen LogP) is 4.46. The van der Waals surface area contributed by atoms with Gasteiger partial charge in [0, 0.05) is 29.3 Å². The van der Waals surface area contributed by atoms with Crippen molar-refractivity contribution in [3.05, 3.63) is 66.7 Å². The van der Waals surface area contributed by atoms with Gasteiger partial charge in [-0.15, -0.1) is 0 Å². The van der Waals surface area contributed by atoms with Crippen molar-refractivity contribution in [1.82, 2.24) is 4.98 Å². The van der Waals surface area contributed by atoms with Crippen molar-refractivity contribution in [2.24, 2.45) is 0 Å². The fourth-order valence-corrected chi connectivity index (χ4v) is 2.98. The number of halogens is 2. The lowest BCUT2D eigenvalue weighted by Gasteiger charge is -2.12. The van der Waals surface area contributed by atoms with Gasteiger partial charge in [-0.25, -0.2) is 4.79 Å². The van der Waals surface area contributed by atoms with Crippen LogP contribution in [0.25, 0.3) is 22.2 Å². The number of aromatic nitrogens is 1. The largest absolute Gasteiger partial charge is 0.491 e. The van der Waals surface area contributed by atoms with E-state index >= 15 is 0 Å². The van der Waals surface area contributed by atoms with Crippen molar-refractivity contribution in [1.29, 1.82) is 0 Å². The summed E-state index contributed by atoms with van der Waals surface area (Å²) in [6.07, 6.45) is 0. The highest BCUT2D eigenvalue weighted by Gasteiger charge is 2.45. The number of methoxy groups -OCH3 is 1. The molecule has 9 nitrogen and oxygen atoms in total. The van der Waals surface area contributed by atoms with Crippen molar-refractivity contribution in [2.45, 2.75) is 12.2 Å². The molecule has 0 aliphatic rings. The van der Waals surface area contributed by atoms with Crippen LogP contribution in [-0.4, -0.2) is 69.3 Å². The molecule has 0 amide bonds. The molecule has 0 atom stereocenters. The highest BCUT2D eigenvalue weighted by molar-refractivity contribution is 7.86. The first-order chi connectivity index (χ1) is 17.4. The van der Waals surface area contributed by atoms with Crippen LogP contribution in [0.5, 0.6) is 5.75 Å². The SMILES string of the molecule is C=C(C)C(=O)OCC(F)(F)S(=O)(=O)O.COCCOCCOc1ccc(-c2cc3ccccc3[nH]2)cc1. The quantitative estimate of drug-likeness (QED) is 0.149. The highest BCUT2D eigenvalue weighted by atomic mass is 32.2. The number of para-hydroxylation sites is 1. The van der Waals surface area contributed by atoms with Crippen LogP contribution < -0.4 is 4.74 Å². The molecule has 0 aliphatic heterocycles. The first-order valence-corrected chi connectivity index (χ1v) is 12.4. The second kappa shape index (κ2) is 13.8. The zero-order valence-corrected chi connectivity index (χ0v) is 21.2. The number of esters is 1. The summed E-state index contributed by atoms with van der Waals surface area (Å²) >= 11 is 0. The fraction of sp³-hybridized carbons (Fsp3) is 0.320. The summed E-state index contributed by atoms with van der Waals surface area (Å²) in [5.41, 5.74) is 3.25. The van der Waals surface area contributed by atoms with Gasteiger partial charge in [0.2, 0.25) is 0 Å². The second-order valence-corrected chi connectivity index (χ2v) is 9.26. The maximum Gasteiger partial charge on any atom is 0.402 e. The first kappa shape index (κ1) is 29.9. The van der Waals surface area contributed by atoms with Gasteiger partial charge < -0.3 is 23.9 Å². The number of carbonyl (C=O) groups is 1. The number of rotatable bonds is 12. The van der Waals surface area contributed by atoms with E-state index in [0.29, 0.717) is 26.4 Å². The summed E-state index contributed by atoms with van der Waals surface area (Å²) < 4.78 is 72.7. The van der Waals surface area contributed by atoms with Gasteiger partial charge in [-0.2, -0.15) is 17.2 Å². The molecule has 2 aromatic carbocycles. The van der Waals surface area contributed by atoms with Gasteiger partial charge in [0.15, 0.2) is 6.61 Å². The number of hydrogen-bond acceptors (Lipinski definition) is 7. The van der Waals surface area contributed by atoms with Crippen molar-refractivity contribution < 1.29 is 45.5 Å². The summed E-state index contributed by atoms with van der Waals surface area (Å²) in [6.45, 7) is 4.86. The Bertz CT molecular complexity index is 1240. The van der Waals surface area contributed by atoms with E-state index in [1.165, 1.54) is 12.3 Å². The minimum Gasteiger partial charge on any atom is -0.491 e. The summed E-state index contributed by atoms with van der Waals surface area (Å²) in [7, 11) is -3.90. The average molecular weight is 542 g/mol. The molecule has 0 saturated heterocycles. The Labute approximate surface area is 213 Å². The summed E-state index contributed by atoms with van der Waals surface area (Å²) in [5.74, 6) is -0.312. The van der Waals surface area contributed by atoms with Crippen LogP contribution in [-0.2, 0) is 29.1 Å². The molecule has 0 bridgehead atoms. The Morgan fingerprint density at radius 1 is 1.05 bits per heavy atom. The third-order valence-electron chi connectivity index (χ3n) is 4.72. The summed E-state index contributed by atoms with van der Waals surface area (Å²) in [5, 5.41) is -3.28. The van der Waals surface area contributed by atoms with E-state index in [2.05, 4.69) is 46.6 Å². The molecule has 0 fully saturated rings. The molecule has 1 heterocycles. The molecule has 202 valence electrons. The third-order valence-corrected chi connectivity index (χ3v) is 5.59. The minimum atomic E-state index is -5.56. The van der Waals surface area contributed by atoms with Crippen molar-refractivity contribution >= 4 is 27.0 Å². The maximum atomic E-state index is 12.4. The number of H-pyrrole nitrogens is 1. The zero-order valence-electron chi connectivity index (χ0n) is 20.4. The van der Waals surface area contributed by atoms with Crippen LogP contribution >= 0.6 is 0 Å². The molecule has 1 aromatic heterocycles. The monoisotopic (exact) mass is 541 g/mol. The number of fused-ring (bicyclic) bond motifs is 1. The average Bonchev–Trinajstić information content (AvgIpc) is 3.29. The molecule has 0 spiro atoms. The molecular weight excluding hydrogens is 512 g/mol. The number of benzene rings is 2. The van der Waals surface area contributed by atoms with Crippen LogP contribution in [0.2, 0.25) is 0 Å². The number of alkyl halides is 2. The van der Waals surface area contributed by atoms with Crippen molar-refractivity contribution in [2.75, 3.05) is 40.1 Å². The third kappa shape index (κ3) is 9.57. The fourth-order valence-electron chi connectivity index (χ4n) is 2.77. The van der Waals surface area contributed by atoms with Crippen LogP contribution in [0.3, 0.4) is 0 Å². The van der Waals surface area contributed by atoms with E-state index < -0.39 is 27.9 Å². The Morgan fingerprint density at radius 3 is 2.30 bits per heavy atom. The first-order valence-electron chi connectivity index (χ1n) is 11.0. The van der Waals surface area contributed by atoms with E-state index in [4.69, 9.17) is 18.8 Å². The van der Waals surface area contributed by atoms with Crippen LogP contribution in [0.1, 0.15) is 6.92 Å². The lowest BCUT2D eigenvalue weighted by atomic mass is 10.1. The Hall–Kier alpha value is -3.32. The van der Waals surface area contributed by atoms with Gasteiger partial charge in [0.05, 0.1) is 19.8 Å². The smallest absolute Gasteiger partial charge is 0.402 e. The standard InChI is InChI=1S/C19H21NO3.C6H8F2O5S/c1-21-10-11-22-12-13-23-17-8-6-15(7-9-17)19-14-16-4-2-3-5-18(16)20-19;1-4(2)5(9)13-3-6(7,8)14(10,11)12/h2-9,14,20H,10-13H2,1H3;1,3H2,2H3,(H,10,11,12).